The highest BCUT2D eigenvalue weighted by Crippen LogP contribution is 2.44. The largest absolute Gasteiger partial charge is 0.494 e. The highest BCUT2D eigenvalue weighted by atomic mass is 127. The van der Waals surface area contributed by atoms with E-state index in [4.69, 9.17) is 16.3 Å². The maximum Gasteiger partial charge on any atom is 0.121 e. The van der Waals surface area contributed by atoms with Crippen molar-refractivity contribution in [3.05, 3.63) is 99.1 Å². The number of hydrogen-bond donors (Lipinski definition) is 1. The summed E-state index contributed by atoms with van der Waals surface area (Å²) in [6.07, 6.45) is 1.61. The minimum absolute atomic E-state index is 0.0771. The van der Waals surface area contributed by atoms with Crippen molar-refractivity contribution in [2.75, 3.05) is 12.5 Å². The molecule has 2 nitrogen and oxygen atoms in total. The van der Waals surface area contributed by atoms with Gasteiger partial charge in [-0.25, -0.2) is 0 Å². The Morgan fingerprint density at radius 2 is 1.52 bits per heavy atom. The first-order valence-corrected chi connectivity index (χ1v) is 11.5. The number of halogens is 2. The van der Waals surface area contributed by atoms with Crippen molar-refractivity contribution in [3.63, 3.8) is 0 Å². The lowest BCUT2D eigenvalue weighted by Gasteiger charge is -2.37. The van der Waals surface area contributed by atoms with Gasteiger partial charge in [-0.2, -0.15) is 0 Å². The van der Waals surface area contributed by atoms with Crippen LogP contribution in [0.3, 0.4) is 0 Å². The van der Waals surface area contributed by atoms with Gasteiger partial charge < -0.3 is 9.84 Å². The molecule has 29 heavy (non-hydrogen) atoms. The summed E-state index contributed by atoms with van der Waals surface area (Å²) in [5.41, 5.74) is 1.73. The Morgan fingerprint density at radius 3 is 2.07 bits per heavy atom. The third-order valence-corrected chi connectivity index (χ3v) is 6.23. The van der Waals surface area contributed by atoms with E-state index < -0.39 is 5.60 Å². The zero-order valence-electron chi connectivity index (χ0n) is 16.5. The molecule has 152 valence electrons. The van der Waals surface area contributed by atoms with Crippen LogP contribution in [0.15, 0.2) is 78.9 Å². The van der Waals surface area contributed by atoms with E-state index in [0.29, 0.717) is 12.5 Å². The Balaban J connectivity index is 2.04. The number of ether oxygens (including phenoxy) is 1. The van der Waals surface area contributed by atoms with Crippen molar-refractivity contribution in [1.29, 1.82) is 0 Å². The first kappa shape index (κ1) is 22.1. The Bertz CT molecular complexity index is 881. The van der Waals surface area contributed by atoms with Crippen LogP contribution < -0.4 is 4.74 Å². The molecule has 0 bridgehead atoms. The van der Waals surface area contributed by atoms with E-state index in [1.54, 1.807) is 0 Å². The molecule has 0 aliphatic rings. The standard InChI is InChI=1S/C25H26ClIO2/c1-2-24(19-7-4-3-5-8-19)25(28,20-9-13-22(27)14-10-20)21-11-15-23(16-12-21)29-18-6-17-26/h3-5,7-16,24,28H,2,6,17-18H2,1H3. The van der Waals surface area contributed by atoms with Crippen molar-refractivity contribution in [2.45, 2.75) is 31.3 Å². The average Bonchev–Trinajstić information content (AvgIpc) is 2.76. The lowest BCUT2D eigenvalue weighted by molar-refractivity contribution is 0.0476. The number of rotatable bonds is 9. The Kier molecular flexibility index (Phi) is 7.99. The predicted octanol–water partition coefficient (Wildman–Crippen LogP) is 6.73. The lowest BCUT2D eigenvalue weighted by Crippen LogP contribution is -2.34. The van der Waals surface area contributed by atoms with Crippen molar-refractivity contribution in [1.82, 2.24) is 0 Å². The average molecular weight is 521 g/mol. The van der Waals surface area contributed by atoms with Gasteiger partial charge in [0.15, 0.2) is 0 Å². The second kappa shape index (κ2) is 10.5. The third kappa shape index (κ3) is 5.14. The van der Waals surface area contributed by atoms with Gasteiger partial charge in [-0.3, -0.25) is 0 Å². The molecular formula is C25H26ClIO2. The van der Waals surface area contributed by atoms with Crippen molar-refractivity contribution in [2.24, 2.45) is 0 Å². The molecular weight excluding hydrogens is 495 g/mol. The number of aliphatic hydroxyl groups is 1. The molecule has 0 amide bonds. The van der Waals surface area contributed by atoms with Gasteiger partial charge in [0.2, 0.25) is 0 Å². The Morgan fingerprint density at radius 1 is 0.931 bits per heavy atom. The van der Waals surface area contributed by atoms with Crippen LogP contribution in [0.2, 0.25) is 0 Å². The molecule has 0 fully saturated rings. The van der Waals surface area contributed by atoms with Gasteiger partial charge >= 0.3 is 0 Å². The fourth-order valence-electron chi connectivity index (χ4n) is 3.78. The minimum Gasteiger partial charge on any atom is -0.494 e. The van der Waals surface area contributed by atoms with Gasteiger partial charge in [-0.1, -0.05) is 61.5 Å². The van der Waals surface area contributed by atoms with Gasteiger partial charge in [-0.05, 0) is 76.4 Å². The van der Waals surface area contributed by atoms with E-state index in [0.717, 1.165) is 38.9 Å². The molecule has 2 atom stereocenters. The van der Waals surface area contributed by atoms with Gasteiger partial charge in [0.1, 0.15) is 11.4 Å². The molecule has 1 N–H and O–H groups in total. The normalized spacial score (nSPS) is 14.2. The maximum absolute atomic E-state index is 12.2. The van der Waals surface area contributed by atoms with Crippen LogP contribution in [-0.4, -0.2) is 17.6 Å². The first-order valence-electron chi connectivity index (χ1n) is 9.92. The van der Waals surface area contributed by atoms with Gasteiger partial charge in [0, 0.05) is 15.4 Å². The van der Waals surface area contributed by atoms with Crippen LogP contribution in [0.25, 0.3) is 0 Å². The molecule has 0 saturated heterocycles. The van der Waals surface area contributed by atoms with Crippen LogP contribution in [0.1, 0.15) is 42.4 Å². The van der Waals surface area contributed by atoms with E-state index in [1.165, 1.54) is 0 Å². The van der Waals surface area contributed by atoms with E-state index in [9.17, 15) is 5.11 Å². The molecule has 3 aromatic rings. The number of hydrogen-bond acceptors (Lipinski definition) is 2. The van der Waals surface area contributed by atoms with E-state index in [2.05, 4.69) is 41.6 Å². The Labute approximate surface area is 192 Å². The highest BCUT2D eigenvalue weighted by molar-refractivity contribution is 14.1. The molecule has 0 saturated carbocycles. The van der Waals surface area contributed by atoms with Crippen molar-refractivity contribution < 1.29 is 9.84 Å². The third-order valence-electron chi connectivity index (χ3n) is 5.24. The second-order valence-corrected chi connectivity index (χ2v) is 8.68. The molecule has 0 aliphatic heterocycles. The monoisotopic (exact) mass is 520 g/mol. The summed E-state index contributed by atoms with van der Waals surface area (Å²) >= 11 is 8.02. The predicted molar refractivity (Wildman–Crippen MR) is 129 cm³/mol. The van der Waals surface area contributed by atoms with Gasteiger partial charge in [0.05, 0.1) is 6.61 Å². The van der Waals surface area contributed by atoms with Crippen LogP contribution in [0.5, 0.6) is 5.75 Å². The minimum atomic E-state index is -1.14. The lowest BCUT2D eigenvalue weighted by atomic mass is 9.72. The smallest absolute Gasteiger partial charge is 0.121 e. The molecule has 2 unspecified atom stereocenters. The summed E-state index contributed by atoms with van der Waals surface area (Å²) in [6.45, 7) is 2.71. The topological polar surface area (TPSA) is 29.5 Å². The van der Waals surface area contributed by atoms with E-state index >= 15 is 0 Å². The zero-order chi connectivity index (χ0) is 20.7. The maximum atomic E-state index is 12.2. The molecule has 0 spiro atoms. The summed E-state index contributed by atoms with van der Waals surface area (Å²) in [4.78, 5) is 0. The summed E-state index contributed by atoms with van der Waals surface area (Å²) < 4.78 is 6.88. The molecule has 0 aromatic heterocycles. The quantitative estimate of drug-likeness (QED) is 0.193. The Hall–Kier alpha value is -1.56. The van der Waals surface area contributed by atoms with E-state index in [-0.39, 0.29) is 5.92 Å². The van der Waals surface area contributed by atoms with Crippen LogP contribution in [-0.2, 0) is 5.60 Å². The fraction of sp³-hybridized carbons (Fsp3) is 0.280. The summed E-state index contributed by atoms with van der Waals surface area (Å²) in [5, 5.41) is 12.2. The molecule has 0 heterocycles. The van der Waals surface area contributed by atoms with Gasteiger partial charge in [0.25, 0.3) is 0 Å². The summed E-state index contributed by atoms with van der Waals surface area (Å²) in [7, 11) is 0. The number of alkyl halides is 1. The summed E-state index contributed by atoms with van der Waals surface area (Å²) in [6, 6.07) is 26.2. The molecule has 0 aliphatic carbocycles. The highest BCUT2D eigenvalue weighted by Gasteiger charge is 2.40. The fourth-order valence-corrected chi connectivity index (χ4v) is 4.25. The van der Waals surface area contributed by atoms with Crippen molar-refractivity contribution >= 4 is 34.2 Å². The van der Waals surface area contributed by atoms with Crippen LogP contribution in [0.4, 0.5) is 0 Å². The zero-order valence-corrected chi connectivity index (χ0v) is 19.4. The van der Waals surface area contributed by atoms with Crippen molar-refractivity contribution in [3.8, 4) is 5.75 Å². The van der Waals surface area contributed by atoms with Crippen LogP contribution in [0, 0.1) is 3.57 Å². The molecule has 0 radical (unpaired) electrons. The molecule has 3 rings (SSSR count). The van der Waals surface area contributed by atoms with Crippen LogP contribution >= 0.6 is 34.2 Å². The second-order valence-electron chi connectivity index (χ2n) is 7.06. The summed E-state index contributed by atoms with van der Waals surface area (Å²) in [5.74, 6) is 1.29. The van der Waals surface area contributed by atoms with E-state index in [1.807, 2.05) is 66.7 Å². The first-order chi connectivity index (χ1) is 14.1. The van der Waals surface area contributed by atoms with Gasteiger partial charge in [-0.15, -0.1) is 11.6 Å². The SMILES string of the molecule is CCC(c1ccccc1)C(O)(c1ccc(I)cc1)c1ccc(OCCCCl)cc1. The molecule has 3 aromatic carbocycles. The number of benzene rings is 3. The molecule has 4 heteroatoms.